The third kappa shape index (κ3) is 1.28. The number of thiazole rings is 1. The molecule has 0 aliphatic heterocycles. The minimum absolute atomic E-state index is 0.598. The molecular formula is C10H8N4S. The lowest BCUT2D eigenvalue weighted by Gasteiger charge is -1.96. The Bertz CT molecular complexity index is 597. The normalized spacial score (nSPS) is 10.9. The first-order chi connectivity index (χ1) is 7.34. The summed E-state index contributed by atoms with van der Waals surface area (Å²) < 4.78 is 1.11. The van der Waals surface area contributed by atoms with Crippen LogP contribution in [-0.2, 0) is 0 Å². The van der Waals surface area contributed by atoms with E-state index in [2.05, 4.69) is 15.2 Å². The molecule has 15 heavy (non-hydrogen) atoms. The van der Waals surface area contributed by atoms with Gasteiger partial charge in [0, 0.05) is 17.3 Å². The number of fused-ring (bicyclic) bond motifs is 1. The molecule has 5 heteroatoms. The number of rotatable bonds is 1. The van der Waals surface area contributed by atoms with Gasteiger partial charge in [-0.15, -0.1) is 0 Å². The molecule has 2 aromatic heterocycles. The molecule has 74 valence electrons. The molecule has 0 unspecified atom stereocenters. The summed E-state index contributed by atoms with van der Waals surface area (Å²) in [6.07, 6.45) is 3.66. The van der Waals surface area contributed by atoms with Crippen LogP contribution < -0.4 is 5.73 Å². The zero-order chi connectivity index (χ0) is 10.3. The zero-order valence-corrected chi connectivity index (χ0v) is 8.58. The van der Waals surface area contributed by atoms with Gasteiger partial charge < -0.3 is 5.73 Å². The van der Waals surface area contributed by atoms with E-state index < -0.39 is 0 Å². The van der Waals surface area contributed by atoms with Crippen molar-refractivity contribution >= 4 is 26.7 Å². The minimum atomic E-state index is 0.598. The van der Waals surface area contributed by atoms with Gasteiger partial charge in [0.1, 0.15) is 0 Å². The molecule has 1 aromatic carbocycles. The fourth-order valence-corrected chi connectivity index (χ4v) is 2.46. The van der Waals surface area contributed by atoms with E-state index in [1.165, 1.54) is 11.3 Å². The van der Waals surface area contributed by atoms with Gasteiger partial charge in [-0.05, 0) is 6.07 Å². The summed E-state index contributed by atoms with van der Waals surface area (Å²) in [6.45, 7) is 0. The van der Waals surface area contributed by atoms with Crippen LogP contribution in [0, 0.1) is 0 Å². The van der Waals surface area contributed by atoms with E-state index in [1.807, 2.05) is 24.4 Å². The number of anilines is 1. The van der Waals surface area contributed by atoms with E-state index in [4.69, 9.17) is 5.73 Å². The lowest BCUT2D eigenvalue weighted by molar-refractivity contribution is 1.09. The molecule has 0 bridgehead atoms. The number of nitrogens with one attached hydrogen (secondary N) is 1. The summed E-state index contributed by atoms with van der Waals surface area (Å²) in [4.78, 5) is 4.25. The second-order valence-corrected chi connectivity index (χ2v) is 4.22. The maximum Gasteiger partial charge on any atom is 0.181 e. The number of aromatic amines is 1. The highest BCUT2D eigenvalue weighted by Gasteiger charge is 2.08. The predicted octanol–water partition coefficient (Wildman–Crippen LogP) is 2.27. The van der Waals surface area contributed by atoms with Gasteiger partial charge in [-0.1, -0.05) is 23.5 Å². The standard InChI is InChI=1S/C10H8N4S/c11-10-14-8-3-1-2-7(9(8)15-10)6-4-12-13-5-6/h1-5H,(H2,11,14)(H,12,13). The third-order valence-corrected chi connectivity index (χ3v) is 3.17. The molecule has 3 aromatic rings. The number of nitrogen functional groups attached to an aromatic ring is 1. The smallest absolute Gasteiger partial charge is 0.181 e. The molecular weight excluding hydrogens is 208 g/mol. The summed E-state index contributed by atoms with van der Waals surface area (Å²) in [5.74, 6) is 0. The van der Waals surface area contributed by atoms with Gasteiger partial charge in [0.15, 0.2) is 5.13 Å². The van der Waals surface area contributed by atoms with Gasteiger partial charge in [-0.3, -0.25) is 5.10 Å². The van der Waals surface area contributed by atoms with Gasteiger partial charge in [0.2, 0.25) is 0 Å². The lowest BCUT2D eigenvalue weighted by atomic mass is 10.1. The minimum Gasteiger partial charge on any atom is -0.375 e. The van der Waals surface area contributed by atoms with Crippen LogP contribution in [0.25, 0.3) is 21.3 Å². The molecule has 0 aliphatic rings. The van der Waals surface area contributed by atoms with Crippen LogP contribution in [0.15, 0.2) is 30.6 Å². The fourth-order valence-electron chi connectivity index (χ4n) is 1.59. The number of aromatic nitrogens is 3. The van der Waals surface area contributed by atoms with Crippen molar-refractivity contribution in [3.05, 3.63) is 30.6 Å². The van der Waals surface area contributed by atoms with Crippen LogP contribution in [0.2, 0.25) is 0 Å². The van der Waals surface area contributed by atoms with E-state index >= 15 is 0 Å². The Morgan fingerprint density at radius 1 is 1.33 bits per heavy atom. The van der Waals surface area contributed by atoms with Crippen molar-refractivity contribution in [2.24, 2.45) is 0 Å². The first-order valence-electron chi connectivity index (χ1n) is 4.49. The number of benzene rings is 1. The largest absolute Gasteiger partial charge is 0.375 e. The summed E-state index contributed by atoms with van der Waals surface area (Å²) in [6, 6.07) is 5.99. The average Bonchev–Trinajstić information content (AvgIpc) is 2.82. The number of nitrogens with two attached hydrogens (primary N) is 1. The Kier molecular flexibility index (Phi) is 1.72. The van der Waals surface area contributed by atoms with Gasteiger partial charge in [0.05, 0.1) is 16.4 Å². The van der Waals surface area contributed by atoms with E-state index in [9.17, 15) is 0 Å². The number of hydrogen-bond donors (Lipinski definition) is 2. The Balaban J connectivity index is 2.35. The molecule has 3 rings (SSSR count). The number of hydrogen-bond acceptors (Lipinski definition) is 4. The zero-order valence-electron chi connectivity index (χ0n) is 7.77. The molecule has 0 radical (unpaired) electrons. The highest BCUT2D eigenvalue weighted by molar-refractivity contribution is 7.22. The SMILES string of the molecule is Nc1nc2cccc(-c3cn[nH]c3)c2s1. The van der Waals surface area contributed by atoms with Crippen LogP contribution in [0.3, 0.4) is 0 Å². The van der Waals surface area contributed by atoms with E-state index in [1.54, 1.807) is 6.20 Å². The molecule has 0 atom stereocenters. The Labute approximate surface area is 89.8 Å². The van der Waals surface area contributed by atoms with Crippen molar-refractivity contribution in [1.82, 2.24) is 15.2 Å². The second-order valence-electron chi connectivity index (χ2n) is 3.19. The predicted molar refractivity (Wildman–Crippen MR) is 61.6 cm³/mol. The number of H-pyrrole nitrogens is 1. The molecule has 3 N–H and O–H groups in total. The van der Waals surface area contributed by atoms with Gasteiger partial charge in [0.25, 0.3) is 0 Å². The van der Waals surface area contributed by atoms with Crippen LogP contribution in [0.5, 0.6) is 0 Å². The topological polar surface area (TPSA) is 67.6 Å². The van der Waals surface area contributed by atoms with Crippen molar-refractivity contribution in [2.75, 3.05) is 5.73 Å². The van der Waals surface area contributed by atoms with Gasteiger partial charge >= 0.3 is 0 Å². The van der Waals surface area contributed by atoms with Crippen LogP contribution >= 0.6 is 11.3 Å². The van der Waals surface area contributed by atoms with Crippen molar-refractivity contribution < 1.29 is 0 Å². The quantitative estimate of drug-likeness (QED) is 0.655. The fraction of sp³-hybridized carbons (Fsp3) is 0. The van der Waals surface area contributed by atoms with Crippen molar-refractivity contribution in [3.8, 4) is 11.1 Å². The van der Waals surface area contributed by atoms with E-state index in [0.717, 1.165) is 21.3 Å². The Morgan fingerprint density at radius 2 is 2.27 bits per heavy atom. The highest BCUT2D eigenvalue weighted by Crippen LogP contribution is 2.33. The third-order valence-electron chi connectivity index (χ3n) is 2.24. The summed E-state index contributed by atoms with van der Waals surface area (Å²) in [7, 11) is 0. The number of nitrogens with zero attached hydrogens (tertiary/aromatic N) is 2. The van der Waals surface area contributed by atoms with Crippen molar-refractivity contribution in [1.29, 1.82) is 0 Å². The molecule has 4 nitrogen and oxygen atoms in total. The van der Waals surface area contributed by atoms with E-state index in [-0.39, 0.29) is 0 Å². The lowest BCUT2D eigenvalue weighted by Crippen LogP contribution is -1.78. The van der Waals surface area contributed by atoms with Gasteiger partial charge in [-0.2, -0.15) is 5.10 Å². The Morgan fingerprint density at radius 3 is 3.07 bits per heavy atom. The first kappa shape index (κ1) is 8.43. The van der Waals surface area contributed by atoms with Crippen molar-refractivity contribution in [2.45, 2.75) is 0 Å². The molecule has 0 saturated heterocycles. The summed E-state index contributed by atoms with van der Waals surface area (Å²) in [5.41, 5.74) is 8.82. The van der Waals surface area contributed by atoms with E-state index in [0.29, 0.717) is 5.13 Å². The molecule has 0 saturated carbocycles. The highest BCUT2D eigenvalue weighted by atomic mass is 32.1. The molecule has 0 amide bonds. The average molecular weight is 216 g/mol. The molecule has 2 heterocycles. The molecule has 0 spiro atoms. The first-order valence-corrected chi connectivity index (χ1v) is 5.30. The van der Waals surface area contributed by atoms with Crippen molar-refractivity contribution in [3.63, 3.8) is 0 Å². The maximum absolute atomic E-state index is 5.70. The summed E-state index contributed by atoms with van der Waals surface area (Å²) in [5, 5.41) is 7.34. The maximum atomic E-state index is 5.70. The van der Waals surface area contributed by atoms with Gasteiger partial charge in [-0.25, -0.2) is 4.98 Å². The Hall–Kier alpha value is -1.88. The second kappa shape index (κ2) is 3.06. The molecule has 0 aliphatic carbocycles. The summed E-state index contributed by atoms with van der Waals surface area (Å²) >= 11 is 1.50. The van der Waals surface area contributed by atoms with Crippen LogP contribution in [-0.4, -0.2) is 15.2 Å². The van der Waals surface area contributed by atoms with Crippen LogP contribution in [0.4, 0.5) is 5.13 Å². The van der Waals surface area contributed by atoms with Crippen LogP contribution in [0.1, 0.15) is 0 Å². The monoisotopic (exact) mass is 216 g/mol. The molecule has 0 fully saturated rings.